The number of nitrogens with zero attached hydrogens (tertiary/aromatic N) is 2. The molecule has 0 unspecified atom stereocenters. The van der Waals surface area contributed by atoms with Crippen LogP contribution in [0, 0.1) is 0 Å². The fraction of sp³-hybridized carbons (Fsp3) is 0.136. The Morgan fingerprint density at radius 1 is 1.00 bits per heavy atom. The maximum Gasteiger partial charge on any atom is 0.261 e. The molecule has 2 amide bonds. The fourth-order valence-corrected chi connectivity index (χ4v) is 3.20. The van der Waals surface area contributed by atoms with Crippen molar-refractivity contribution < 1.29 is 9.59 Å². The standard InChI is InChI=1S/C22H21N7O3/c23-22-28-18-17(21(32)29-22)10-16(27-18)7-9-25-19(30)14-3-5-15(6-4-14)20(31)26-12-13-2-1-8-24-11-13/h1-6,8,10-11H,7,9,12H2,(H,25,30)(H,26,31)(H4,23,27,28,29,32). The van der Waals surface area contributed by atoms with E-state index in [9.17, 15) is 14.4 Å². The molecule has 1 aromatic carbocycles. The van der Waals surface area contributed by atoms with Gasteiger partial charge in [-0.3, -0.25) is 24.4 Å². The zero-order valence-corrected chi connectivity index (χ0v) is 17.0. The minimum absolute atomic E-state index is 0.0402. The number of nitrogens with two attached hydrogens (primary N) is 1. The highest BCUT2D eigenvalue weighted by Crippen LogP contribution is 2.10. The number of benzene rings is 1. The van der Waals surface area contributed by atoms with Gasteiger partial charge in [-0.15, -0.1) is 0 Å². The summed E-state index contributed by atoms with van der Waals surface area (Å²) in [6.45, 7) is 0.725. The van der Waals surface area contributed by atoms with E-state index < -0.39 is 0 Å². The molecule has 162 valence electrons. The highest BCUT2D eigenvalue weighted by Gasteiger charge is 2.10. The van der Waals surface area contributed by atoms with Crippen molar-refractivity contribution in [1.29, 1.82) is 0 Å². The van der Waals surface area contributed by atoms with Crippen LogP contribution in [-0.4, -0.2) is 38.3 Å². The summed E-state index contributed by atoms with van der Waals surface area (Å²) in [5, 5.41) is 6.04. The van der Waals surface area contributed by atoms with Gasteiger partial charge >= 0.3 is 0 Å². The number of amides is 2. The number of aromatic amines is 2. The molecule has 0 spiro atoms. The Morgan fingerprint density at radius 3 is 2.41 bits per heavy atom. The molecule has 0 saturated heterocycles. The number of pyridine rings is 1. The lowest BCUT2D eigenvalue weighted by atomic mass is 10.1. The molecule has 10 heteroatoms. The number of carbonyl (C=O) groups is 2. The van der Waals surface area contributed by atoms with Crippen LogP contribution in [-0.2, 0) is 13.0 Å². The summed E-state index contributed by atoms with van der Waals surface area (Å²) < 4.78 is 0. The number of carbonyl (C=O) groups excluding carboxylic acids is 2. The molecule has 3 aromatic heterocycles. The van der Waals surface area contributed by atoms with Gasteiger partial charge in [0.05, 0.1) is 5.39 Å². The minimum atomic E-state index is -0.316. The van der Waals surface area contributed by atoms with Crippen molar-refractivity contribution >= 4 is 28.8 Å². The molecule has 0 atom stereocenters. The average Bonchev–Trinajstić information content (AvgIpc) is 3.21. The molecule has 0 aliphatic rings. The van der Waals surface area contributed by atoms with Crippen molar-refractivity contribution in [2.45, 2.75) is 13.0 Å². The van der Waals surface area contributed by atoms with Gasteiger partial charge in [0.25, 0.3) is 17.4 Å². The van der Waals surface area contributed by atoms with Gasteiger partial charge in [0, 0.05) is 48.7 Å². The largest absolute Gasteiger partial charge is 0.369 e. The molecule has 0 bridgehead atoms. The Labute approximate surface area is 182 Å². The van der Waals surface area contributed by atoms with Crippen LogP contribution in [0.3, 0.4) is 0 Å². The van der Waals surface area contributed by atoms with Crippen molar-refractivity contribution in [3.05, 3.63) is 87.6 Å². The van der Waals surface area contributed by atoms with E-state index >= 15 is 0 Å². The maximum absolute atomic E-state index is 12.4. The number of anilines is 1. The van der Waals surface area contributed by atoms with Gasteiger partial charge in [-0.05, 0) is 42.0 Å². The van der Waals surface area contributed by atoms with Crippen molar-refractivity contribution in [1.82, 2.24) is 30.6 Å². The first-order valence-electron chi connectivity index (χ1n) is 9.92. The van der Waals surface area contributed by atoms with Gasteiger partial charge in [0.2, 0.25) is 5.95 Å². The second kappa shape index (κ2) is 9.13. The maximum atomic E-state index is 12.4. The summed E-state index contributed by atoms with van der Waals surface area (Å²) in [5.74, 6) is -0.453. The van der Waals surface area contributed by atoms with E-state index in [2.05, 4.69) is 30.6 Å². The van der Waals surface area contributed by atoms with Gasteiger partial charge in [0.1, 0.15) is 5.65 Å². The van der Waals surface area contributed by atoms with E-state index in [-0.39, 0.29) is 23.3 Å². The average molecular weight is 431 g/mol. The lowest BCUT2D eigenvalue weighted by molar-refractivity contribution is 0.0940. The van der Waals surface area contributed by atoms with Crippen LogP contribution in [0.2, 0.25) is 0 Å². The first kappa shape index (κ1) is 20.8. The van der Waals surface area contributed by atoms with Gasteiger partial charge < -0.3 is 21.4 Å². The topological polar surface area (TPSA) is 159 Å². The summed E-state index contributed by atoms with van der Waals surface area (Å²) in [6, 6.07) is 11.8. The summed E-state index contributed by atoms with van der Waals surface area (Å²) in [5.41, 5.74) is 8.18. The molecule has 0 fully saturated rings. The Morgan fingerprint density at radius 2 is 1.72 bits per heavy atom. The Kier molecular flexibility index (Phi) is 5.93. The molecule has 10 nitrogen and oxygen atoms in total. The second-order valence-electron chi connectivity index (χ2n) is 7.14. The van der Waals surface area contributed by atoms with E-state index in [4.69, 9.17) is 5.73 Å². The van der Waals surface area contributed by atoms with Crippen LogP contribution in [0.4, 0.5) is 5.95 Å². The molecule has 3 heterocycles. The molecule has 0 aliphatic heterocycles. The zero-order chi connectivity index (χ0) is 22.5. The number of nitrogens with one attached hydrogen (secondary N) is 4. The zero-order valence-electron chi connectivity index (χ0n) is 17.0. The second-order valence-corrected chi connectivity index (χ2v) is 7.14. The summed E-state index contributed by atoms with van der Waals surface area (Å²) in [6.07, 6.45) is 3.84. The predicted molar refractivity (Wildman–Crippen MR) is 119 cm³/mol. The molecule has 0 aliphatic carbocycles. The molecular formula is C22H21N7O3. The summed E-state index contributed by atoms with van der Waals surface area (Å²) >= 11 is 0. The lowest BCUT2D eigenvalue weighted by Gasteiger charge is -2.07. The number of H-pyrrole nitrogens is 2. The first-order valence-corrected chi connectivity index (χ1v) is 9.92. The van der Waals surface area contributed by atoms with E-state index in [1.54, 1.807) is 48.8 Å². The molecule has 0 saturated carbocycles. The molecule has 4 rings (SSSR count). The number of rotatable bonds is 7. The van der Waals surface area contributed by atoms with Gasteiger partial charge in [-0.2, -0.15) is 4.98 Å². The van der Waals surface area contributed by atoms with Crippen LogP contribution in [0.25, 0.3) is 11.0 Å². The molecule has 6 N–H and O–H groups in total. The Bertz CT molecular complexity index is 1310. The van der Waals surface area contributed by atoms with E-state index in [1.165, 1.54) is 0 Å². The SMILES string of the molecule is Nc1nc2[nH]c(CCNC(=O)c3ccc(C(=O)NCc4cccnc4)cc3)cc2c(=O)[nH]1. The smallest absolute Gasteiger partial charge is 0.261 e. The third kappa shape index (κ3) is 4.81. The molecular weight excluding hydrogens is 410 g/mol. The van der Waals surface area contributed by atoms with Gasteiger partial charge in [0.15, 0.2) is 0 Å². The van der Waals surface area contributed by atoms with Crippen molar-refractivity contribution in [2.75, 3.05) is 12.3 Å². The minimum Gasteiger partial charge on any atom is -0.369 e. The summed E-state index contributed by atoms with van der Waals surface area (Å²) in [7, 11) is 0. The molecule has 32 heavy (non-hydrogen) atoms. The first-order chi connectivity index (χ1) is 15.5. The monoisotopic (exact) mass is 431 g/mol. The highest BCUT2D eigenvalue weighted by atomic mass is 16.2. The number of aromatic nitrogens is 4. The van der Waals surface area contributed by atoms with Crippen LogP contribution >= 0.6 is 0 Å². The van der Waals surface area contributed by atoms with Crippen LogP contribution in [0.15, 0.2) is 59.7 Å². The van der Waals surface area contributed by atoms with E-state index in [0.29, 0.717) is 41.7 Å². The van der Waals surface area contributed by atoms with E-state index in [1.807, 2.05) is 6.07 Å². The van der Waals surface area contributed by atoms with Crippen molar-refractivity contribution in [2.24, 2.45) is 0 Å². The number of hydrogen-bond donors (Lipinski definition) is 5. The van der Waals surface area contributed by atoms with Crippen LogP contribution < -0.4 is 21.9 Å². The van der Waals surface area contributed by atoms with Gasteiger partial charge in [-0.1, -0.05) is 6.07 Å². The third-order valence-corrected chi connectivity index (χ3v) is 4.84. The van der Waals surface area contributed by atoms with Crippen LogP contribution in [0.1, 0.15) is 32.0 Å². The Hall–Kier alpha value is -4.47. The normalized spacial score (nSPS) is 10.8. The van der Waals surface area contributed by atoms with Crippen molar-refractivity contribution in [3.8, 4) is 0 Å². The number of nitrogen functional groups attached to an aromatic ring is 1. The van der Waals surface area contributed by atoms with Crippen LogP contribution in [0.5, 0.6) is 0 Å². The van der Waals surface area contributed by atoms with E-state index in [0.717, 1.165) is 11.3 Å². The predicted octanol–water partition coefficient (Wildman–Crippen LogP) is 1.13. The number of fused-ring (bicyclic) bond motifs is 1. The molecule has 0 radical (unpaired) electrons. The fourth-order valence-electron chi connectivity index (χ4n) is 3.20. The summed E-state index contributed by atoms with van der Waals surface area (Å²) in [4.78, 5) is 50.0. The lowest BCUT2D eigenvalue weighted by Crippen LogP contribution is -2.26. The highest BCUT2D eigenvalue weighted by molar-refractivity contribution is 5.97. The quantitative estimate of drug-likeness (QED) is 0.295. The molecule has 4 aromatic rings. The Balaban J connectivity index is 1.29. The van der Waals surface area contributed by atoms with Crippen molar-refractivity contribution in [3.63, 3.8) is 0 Å². The number of hydrogen-bond acceptors (Lipinski definition) is 6. The third-order valence-electron chi connectivity index (χ3n) is 4.84. The van der Waals surface area contributed by atoms with Gasteiger partial charge in [-0.25, -0.2) is 0 Å².